The molecule has 1 aromatic carbocycles. The van der Waals surface area contributed by atoms with Crippen LogP contribution in [0.1, 0.15) is 5.56 Å². The average molecular weight is 320 g/mol. The molecule has 0 radical (unpaired) electrons. The van der Waals surface area contributed by atoms with E-state index in [9.17, 15) is 13.2 Å². The van der Waals surface area contributed by atoms with Crippen molar-refractivity contribution in [3.05, 3.63) is 54.2 Å². The number of aromatic nitrogens is 1. The van der Waals surface area contributed by atoms with Gasteiger partial charge >= 0.3 is 6.03 Å². The molecule has 0 fully saturated rings. The summed E-state index contributed by atoms with van der Waals surface area (Å²) in [7, 11) is -3.93. The third-order valence-corrected chi connectivity index (χ3v) is 4.15. The minimum Gasteiger partial charge on any atom is -0.330 e. The van der Waals surface area contributed by atoms with Crippen LogP contribution in [-0.4, -0.2) is 26.0 Å². The highest BCUT2D eigenvalue weighted by molar-refractivity contribution is 7.90. The van der Waals surface area contributed by atoms with Gasteiger partial charge in [0.15, 0.2) is 0 Å². The number of nitrogens with one attached hydrogen (secondary N) is 2. The van der Waals surface area contributed by atoms with Crippen molar-refractivity contribution in [1.82, 2.24) is 9.71 Å². The number of urea groups is 1. The van der Waals surface area contributed by atoms with Crippen LogP contribution in [-0.2, 0) is 16.4 Å². The first kappa shape index (κ1) is 15.9. The van der Waals surface area contributed by atoms with Crippen molar-refractivity contribution in [1.29, 1.82) is 0 Å². The first-order valence-corrected chi connectivity index (χ1v) is 8.03. The monoisotopic (exact) mass is 320 g/mol. The lowest BCUT2D eigenvalue weighted by atomic mass is 10.2. The SMILES string of the molecule is NCCc1ccc(S(=O)(=O)NC(=O)Nc2ccccn2)cc1. The number of amides is 2. The van der Waals surface area contributed by atoms with Crippen molar-refractivity contribution >= 4 is 21.9 Å². The van der Waals surface area contributed by atoms with E-state index in [1.807, 2.05) is 4.72 Å². The molecule has 2 amide bonds. The van der Waals surface area contributed by atoms with E-state index in [2.05, 4.69) is 10.3 Å². The highest BCUT2D eigenvalue weighted by Crippen LogP contribution is 2.11. The van der Waals surface area contributed by atoms with Gasteiger partial charge in [0, 0.05) is 6.20 Å². The summed E-state index contributed by atoms with van der Waals surface area (Å²) >= 11 is 0. The molecular formula is C14H16N4O3S. The van der Waals surface area contributed by atoms with Gasteiger partial charge in [-0.1, -0.05) is 18.2 Å². The maximum Gasteiger partial charge on any atom is 0.334 e. The molecule has 0 spiro atoms. The second-order valence-electron chi connectivity index (χ2n) is 4.46. The molecule has 0 atom stereocenters. The molecule has 1 aromatic heterocycles. The number of carbonyl (C=O) groups excluding carboxylic acids is 1. The molecule has 0 aliphatic carbocycles. The van der Waals surface area contributed by atoms with Crippen LogP contribution in [0, 0.1) is 0 Å². The van der Waals surface area contributed by atoms with Crippen LogP contribution in [0.4, 0.5) is 10.6 Å². The zero-order valence-corrected chi connectivity index (χ0v) is 12.5. The number of nitrogens with two attached hydrogens (primary N) is 1. The summed E-state index contributed by atoms with van der Waals surface area (Å²) in [4.78, 5) is 15.6. The predicted octanol–water partition coefficient (Wildman–Crippen LogP) is 1.09. The number of hydrogen-bond acceptors (Lipinski definition) is 5. The van der Waals surface area contributed by atoms with Crippen LogP contribution >= 0.6 is 0 Å². The number of hydrogen-bond donors (Lipinski definition) is 3. The average Bonchev–Trinajstić information content (AvgIpc) is 2.48. The normalized spacial score (nSPS) is 11.0. The fraction of sp³-hybridized carbons (Fsp3) is 0.143. The van der Waals surface area contributed by atoms with Gasteiger partial charge in [-0.05, 0) is 42.8 Å². The summed E-state index contributed by atoms with van der Waals surface area (Å²) < 4.78 is 26.1. The Morgan fingerprint density at radius 2 is 1.86 bits per heavy atom. The van der Waals surface area contributed by atoms with E-state index >= 15 is 0 Å². The number of benzene rings is 1. The van der Waals surface area contributed by atoms with Crippen LogP contribution in [0.3, 0.4) is 0 Å². The lowest BCUT2D eigenvalue weighted by Gasteiger charge is -2.08. The number of anilines is 1. The van der Waals surface area contributed by atoms with E-state index < -0.39 is 16.1 Å². The Hall–Kier alpha value is -2.45. The molecule has 4 N–H and O–H groups in total. The Morgan fingerprint density at radius 3 is 2.45 bits per heavy atom. The Bertz CT molecular complexity index is 730. The summed E-state index contributed by atoms with van der Waals surface area (Å²) in [6.07, 6.45) is 2.15. The molecule has 0 saturated heterocycles. The van der Waals surface area contributed by atoms with Crippen LogP contribution in [0.25, 0.3) is 0 Å². The van der Waals surface area contributed by atoms with Crippen molar-refractivity contribution in [3.63, 3.8) is 0 Å². The third kappa shape index (κ3) is 4.27. The van der Waals surface area contributed by atoms with E-state index in [1.54, 1.807) is 30.3 Å². The molecule has 8 heteroatoms. The lowest BCUT2D eigenvalue weighted by Crippen LogP contribution is -2.34. The molecule has 7 nitrogen and oxygen atoms in total. The molecule has 2 aromatic rings. The fourth-order valence-corrected chi connectivity index (χ4v) is 2.67. The molecule has 2 rings (SSSR count). The minimum atomic E-state index is -3.93. The van der Waals surface area contributed by atoms with E-state index in [0.717, 1.165) is 5.56 Å². The molecule has 0 bridgehead atoms. The summed E-state index contributed by atoms with van der Waals surface area (Å²) in [6.45, 7) is 0.483. The van der Waals surface area contributed by atoms with Gasteiger partial charge in [-0.2, -0.15) is 0 Å². The maximum atomic E-state index is 12.1. The van der Waals surface area contributed by atoms with Gasteiger partial charge in [-0.15, -0.1) is 0 Å². The lowest BCUT2D eigenvalue weighted by molar-refractivity contribution is 0.256. The molecule has 0 unspecified atom stereocenters. The first-order chi connectivity index (χ1) is 10.5. The second kappa shape index (κ2) is 7.01. The molecular weight excluding hydrogens is 304 g/mol. The van der Waals surface area contributed by atoms with Crippen molar-refractivity contribution < 1.29 is 13.2 Å². The van der Waals surface area contributed by atoms with Crippen molar-refractivity contribution in [2.45, 2.75) is 11.3 Å². The van der Waals surface area contributed by atoms with Gasteiger partial charge in [0.05, 0.1) is 4.90 Å². The largest absolute Gasteiger partial charge is 0.334 e. The van der Waals surface area contributed by atoms with Gasteiger partial charge in [0.2, 0.25) is 0 Å². The van der Waals surface area contributed by atoms with E-state index in [4.69, 9.17) is 5.73 Å². The Labute approximate surface area is 128 Å². The van der Waals surface area contributed by atoms with Crippen molar-refractivity contribution in [3.8, 4) is 0 Å². The van der Waals surface area contributed by atoms with E-state index in [1.165, 1.54) is 18.3 Å². The van der Waals surface area contributed by atoms with Gasteiger partial charge in [0.1, 0.15) is 5.82 Å². The summed E-state index contributed by atoms with van der Waals surface area (Å²) in [5, 5.41) is 2.34. The van der Waals surface area contributed by atoms with Crippen LogP contribution in [0.15, 0.2) is 53.6 Å². The van der Waals surface area contributed by atoms with Gasteiger partial charge in [0.25, 0.3) is 10.0 Å². The summed E-state index contributed by atoms with van der Waals surface area (Å²) in [5.41, 5.74) is 6.36. The Balaban J connectivity index is 2.05. The Kier molecular flexibility index (Phi) is 5.08. The number of nitrogens with zero attached hydrogens (tertiary/aromatic N) is 1. The van der Waals surface area contributed by atoms with E-state index in [-0.39, 0.29) is 10.7 Å². The van der Waals surface area contributed by atoms with Crippen molar-refractivity contribution in [2.75, 3.05) is 11.9 Å². The first-order valence-electron chi connectivity index (χ1n) is 6.55. The van der Waals surface area contributed by atoms with Crippen LogP contribution in [0.5, 0.6) is 0 Å². The maximum absolute atomic E-state index is 12.1. The van der Waals surface area contributed by atoms with Crippen molar-refractivity contribution in [2.24, 2.45) is 5.73 Å². The zero-order valence-electron chi connectivity index (χ0n) is 11.7. The summed E-state index contributed by atoms with van der Waals surface area (Å²) in [5.74, 6) is 0.258. The molecule has 0 saturated carbocycles. The Morgan fingerprint density at radius 1 is 1.14 bits per heavy atom. The highest BCUT2D eigenvalue weighted by Gasteiger charge is 2.17. The number of carbonyl (C=O) groups is 1. The number of rotatable bonds is 5. The topological polar surface area (TPSA) is 114 Å². The molecule has 0 aliphatic heterocycles. The van der Waals surface area contributed by atoms with Crippen LogP contribution < -0.4 is 15.8 Å². The van der Waals surface area contributed by atoms with Gasteiger partial charge in [-0.3, -0.25) is 5.32 Å². The standard InChI is InChI=1S/C14H16N4O3S/c15-9-8-11-4-6-12(7-5-11)22(20,21)18-14(19)17-13-3-1-2-10-16-13/h1-7,10H,8-9,15H2,(H2,16,17,18,19). The molecule has 0 aliphatic rings. The number of pyridine rings is 1. The third-order valence-electron chi connectivity index (χ3n) is 2.80. The van der Waals surface area contributed by atoms with E-state index in [0.29, 0.717) is 13.0 Å². The smallest absolute Gasteiger partial charge is 0.330 e. The fourth-order valence-electron chi connectivity index (χ4n) is 1.76. The molecule has 1 heterocycles. The number of sulfonamides is 1. The van der Waals surface area contributed by atoms with Crippen LogP contribution in [0.2, 0.25) is 0 Å². The van der Waals surface area contributed by atoms with Gasteiger partial charge in [-0.25, -0.2) is 22.9 Å². The molecule has 22 heavy (non-hydrogen) atoms. The minimum absolute atomic E-state index is 0.00411. The summed E-state index contributed by atoms with van der Waals surface area (Å²) in [6, 6.07) is 10.2. The quantitative estimate of drug-likeness (QED) is 0.763. The molecule has 116 valence electrons. The second-order valence-corrected chi connectivity index (χ2v) is 6.14. The van der Waals surface area contributed by atoms with Gasteiger partial charge < -0.3 is 5.73 Å². The predicted molar refractivity (Wildman–Crippen MR) is 82.8 cm³/mol. The highest BCUT2D eigenvalue weighted by atomic mass is 32.2. The zero-order chi connectivity index (χ0) is 16.0.